The second kappa shape index (κ2) is 3.57. The fraction of sp³-hybridized carbons (Fsp3) is 1.00. The minimum Gasteiger partial charge on any atom is -0.314 e. The monoisotopic (exact) mass is 155 g/mol. The molecule has 11 heavy (non-hydrogen) atoms. The van der Waals surface area contributed by atoms with Crippen molar-refractivity contribution in [3.05, 3.63) is 0 Å². The zero-order chi connectivity index (χ0) is 8.43. The summed E-state index contributed by atoms with van der Waals surface area (Å²) in [4.78, 5) is 0. The minimum absolute atomic E-state index is 0.743. The molecule has 0 saturated carbocycles. The molecule has 1 rings (SSSR count). The van der Waals surface area contributed by atoms with Crippen LogP contribution >= 0.6 is 0 Å². The first-order chi connectivity index (χ1) is 5.16. The van der Waals surface area contributed by atoms with E-state index < -0.39 is 0 Å². The SMILES string of the molecule is CC[C@H]1[C@@H](C(C)C)CN[C@@H]1C. The van der Waals surface area contributed by atoms with Crippen LogP contribution in [0.5, 0.6) is 0 Å². The van der Waals surface area contributed by atoms with Gasteiger partial charge in [0.05, 0.1) is 0 Å². The fourth-order valence-corrected chi connectivity index (χ4v) is 2.38. The Bertz CT molecular complexity index is 120. The van der Waals surface area contributed by atoms with E-state index >= 15 is 0 Å². The molecule has 3 atom stereocenters. The Kier molecular flexibility index (Phi) is 2.94. The maximum atomic E-state index is 3.55. The van der Waals surface area contributed by atoms with Gasteiger partial charge in [0, 0.05) is 6.04 Å². The first kappa shape index (κ1) is 9.05. The lowest BCUT2D eigenvalue weighted by Crippen LogP contribution is -2.23. The Morgan fingerprint density at radius 2 is 2.09 bits per heavy atom. The zero-order valence-electron chi connectivity index (χ0n) is 8.22. The van der Waals surface area contributed by atoms with Gasteiger partial charge in [0.1, 0.15) is 0 Å². The van der Waals surface area contributed by atoms with Crippen LogP contribution < -0.4 is 5.32 Å². The Morgan fingerprint density at radius 1 is 1.45 bits per heavy atom. The third kappa shape index (κ3) is 1.76. The van der Waals surface area contributed by atoms with Crippen molar-refractivity contribution in [1.82, 2.24) is 5.32 Å². The van der Waals surface area contributed by atoms with Crippen LogP contribution in [0.3, 0.4) is 0 Å². The Labute approximate surface area is 70.6 Å². The third-order valence-corrected chi connectivity index (χ3v) is 3.20. The van der Waals surface area contributed by atoms with Crippen molar-refractivity contribution < 1.29 is 0 Å². The molecule has 1 saturated heterocycles. The van der Waals surface area contributed by atoms with E-state index in [2.05, 4.69) is 33.0 Å². The highest BCUT2D eigenvalue weighted by Gasteiger charge is 2.32. The van der Waals surface area contributed by atoms with Crippen LogP contribution in [-0.4, -0.2) is 12.6 Å². The van der Waals surface area contributed by atoms with Crippen LogP contribution in [0.15, 0.2) is 0 Å². The molecule has 0 amide bonds. The number of rotatable bonds is 2. The lowest BCUT2D eigenvalue weighted by molar-refractivity contribution is 0.289. The number of nitrogens with one attached hydrogen (secondary N) is 1. The van der Waals surface area contributed by atoms with Gasteiger partial charge in [0.15, 0.2) is 0 Å². The highest BCUT2D eigenvalue weighted by Crippen LogP contribution is 2.30. The predicted molar refractivity (Wildman–Crippen MR) is 49.6 cm³/mol. The smallest absolute Gasteiger partial charge is 0.00702 e. The molecule has 0 aliphatic carbocycles. The summed E-state index contributed by atoms with van der Waals surface area (Å²) in [6.07, 6.45) is 1.33. The summed E-state index contributed by atoms with van der Waals surface area (Å²) in [5.74, 6) is 2.67. The minimum atomic E-state index is 0.743. The lowest BCUT2D eigenvalue weighted by atomic mass is 9.82. The zero-order valence-corrected chi connectivity index (χ0v) is 8.22. The number of hydrogen-bond acceptors (Lipinski definition) is 1. The van der Waals surface area contributed by atoms with Crippen LogP contribution in [0.4, 0.5) is 0 Å². The van der Waals surface area contributed by atoms with Crippen molar-refractivity contribution in [2.45, 2.75) is 40.2 Å². The highest BCUT2D eigenvalue weighted by atomic mass is 15.0. The maximum Gasteiger partial charge on any atom is 0.00702 e. The predicted octanol–water partition coefficient (Wildman–Crippen LogP) is 2.28. The Hall–Kier alpha value is -0.0400. The quantitative estimate of drug-likeness (QED) is 0.645. The van der Waals surface area contributed by atoms with E-state index in [0.717, 1.165) is 23.8 Å². The molecular weight excluding hydrogens is 134 g/mol. The first-order valence-electron chi connectivity index (χ1n) is 4.90. The summed E-state index contributed by atoms with van der Waals surface area (Å²) < 4.78 is 0. The van der Waals surface area contributed by atoms with Crippen LogP contribution in [0.25, 0.3) is 0 Å². The van der Waals surface area contributed by atoms with Gasteiger partial charge in [-0.05, 0) is 31.2 Å². The molecule has 0 aromatic rings. The molecular formula is C10H21N. The lowest BCUT2D eigenvalue weighted by Gasteiger charge is -2.22. The molecule has 0 unspecified atom stereocenters. The first-order valence-corrected chi connectivity index (χ1v) is 4.90. The van der Waals surface area contributed by atoms with Crippen LogP contribution in [0.2, 0.25) is 0 Å². The van der Waals surface area contributed by atoms with Crippen LogP contribution in [-0.2, 0) is 0 Å². The summed E-state index contributed by atoms with van der Waals surface area (Å²) in [6, 6.07) is 0.743. The standard InChI is InChI=1S/C10H21N/c1-5-9-8(4)11-6-10(9)7(2)3/h7-11H,5-6H2,1-4H3/t8-,9-,10-/m1/s1. The van der Waals surface area contributed by atoms with Crippen LogP contribution in [0.1, 0.15) is 34.1 Å². The molecule has 1 heterocycles. The highest BCUT2D eigenvalue weighted by molar-refractivity contribution is 4.88. The molecule has 0 spiro atoms. The normalized spacial score (nSPS) is 38.5. The van der Waals surface area contributed by atoms with Crippen LogP contribution in [0, 0.1) is 17.8 Å². The van der Waals surface area contributed by atoms with Crippen molar-refractivity contribution in [3.8, 4) is 0 Å². The fourth-order valence-electron chi connectivity index (χ4n) is 2.38. The van der Waals surface area contributed by atoms with E-state index in [9.17, 15) is 0 Å². The van der Waals surface area contributed by atoms with E-state index in [4.69, 9.17) is 0 Å². The van der Waals surface area contributed by atoms with E-state index in [1.54, 1.807) is 0 Å². The maximum absolute atomic E-state index is 3.55. The molecule has 66 valence electrons. The van der Waals surface area contributed by atoms with Gasteiger partial charge in [0.2, 0.25) is 0 Å². The molecule has 1 fully saturated rings. The molecule has 1 N–H and O–H groups in total. The van der Waals surface area contributed by atoms with Crippen molar-refractivity contribution in [2.24, 2.45) is 17.8 Å². The van der Waals surface area contributed by atoms with Gasteiger partial charge in [0.25, 0.3) is 0 Å². The molecule has 0 radical (unpaired) electrons. The second-order valence-corrected chi connectivity index (χ2v) is 4.18. The van der Waals surface area contributed by atoms with Gasteiger partial charge in [-0.3, -0.25) is 0 Å². The molecule has 0 bridgehead atoms. The van der Waals surface area contributed by atoms with Crippen molar-refractivity contribution in [3.63, 3.8) is 0 Å². The van der Waals surface area contributed by atoms with Gasteiger partial charge in [-0.1, -0.05) is 27.2 Å². The van der Waals surface area contributed by atoms with E-state index in [1.807, 2.05) is 0 Å². The Balaban J connectivity index is 2.54. The topological polar surface area (TPSA) is 12.0 Å². The van der Waals surface area contributed by atoms with Gasteiger partial charge >= 0.3 is 0 Å². The summed E-state index contributed by atoms with van der Waals surface area (Å²) in [5.41, 5.74) is 0. The molecule has 1 heteroatoms. The van der Waals surface area contributed by atoms with E-state index in [0.29, 0.717) is 0 Å². The average molecular weight is 155 g/mol. The van der Waals surface area contributed by atoms with Crippen molar-refractivity contribution in [1.29, 1.82) is 0 Å². The average Bonchev–Trinajstić information content (AvgIpc) is 2.30. The van der Waals surface area contributed by atoms with Gasteiger partial charge in [-0.25, -0.2) is 0 Å². The molecule has 0 aromatic heterocycles. The largest absolute Gasteiger partial charge is 0.314 e. The molecule has 1 nitrogen and oxygen atoms in total. The van der Waals surface area contributed by atoms with E-state index in [1.165, 1.54) is 13.0 Å². The third-order valence-electron chi connectivity index (χ3n) is 3.20. The molecule has 1 aliphatic heterocycles. The van der Waals surface area contributed by atoms with Gasteiger partial charge in [-0.2, -0.15) is 0 Å². The molecule has 1 aliphatic rings. The van der Waals surface area contributed by atoms with Gasteiger partial charge < -0.3 is 5.32 Å². The number of hydrogen-bond donors (Lipinski definition) is 1. The summed E-state index contributed by atoms with van der Waals surface area (Å²) >= 11 is 0. The summed E-state index contributed by atoms with van der Waals surface area (Å²) in [6.45, 7) is 10.5. The second-order valence-electron chi connectivity index (χ2n) is 4.18. The molecule has 0 aromatic carbocycles. The van der Waals surface area contributed by atoms with Crippen molar-refractivity contribution >= 4 is 0 Å². The van der Waals surface area contributed by atoms with Gasteiger partial charge in [-0.15, -0.1) is 0 Å². The van der Waals surface area contributed by atoms with Crippen molar-refractivity contribution in [2.75, 3.05) is 6.54 Å². The summed E-state index contributed by atoms with van der Waals surface area (Å²) in [7, 11) is 0. The summed E-state index contributed by atoms with van der Waals surface area (Å²) in [5, 5.41) is 3.55. The Morgan fingerprint density at radius 3 is 2.45 bits per heavy atom. The van der Waals surface area contributed by atoms with E-state index in [-0.39, 0.29) is 0 Å².